The number of amides is 1. The second-order valence-corrected chi connectivity index (χ2v) is 10.1. The molecule has 8 nitrogen and oxygen atoms in total. The number of rotatable bonds is 6. The number of esters is 1. The van der Waals surface area contributed by atoms with Crippen molar-refractivity contribution in [2.24, 2.45) is 10.2 Å². The van der Waals surface area contributed by atoms with Crippen LogP contribution in [0.15, 0.2) is 113 Å². The van der Waals surface area contributed by atoms with Crippen LogP contribution in [0.25, 0.3) is 10.8 Å². The molecule has 0 spiro atoms. The van der Waals surface area contributed by atoms with Crippen LogP contribution in [0, 0.1) is 0 Å². The van der Waals surface area contributed by atoms with Gasteiger partial charge in [-0.25, -0.2) is 4.79 Å². The molecule has 0 fully saturated rings. The number of anilines is 2. The fraction of sp³-hybridized carbons (Fsp3) is 0.0357. The fourth-order valence-electron chi connectivity index (χ4n) is 3.78. The molecule has 0 unspecified atom stereocenters. The summed E-state index contributed by atoms with van der Waals surface area (Å²) in [6, 6.07) is 27.4. The van der Waals surface area contributed by atoms with Crippen molar-refractivity contribution in [1.29, 1.82) is 0 Å². The molecule has 0 atom stereocenters. The highest BCUT2D eigenvalue weighted by atomic mass is 127. The lowest BCUT2D eigenvalue weighted by Crippen LogP contribution is -2.12. The minimum atomic E-state index is -0.741. The molecule has 9 heteroatoms. The molecule has 37 heavy (non-hydrogen) atoms. The Balaban J connectivity index is 1.60. The molecule has 184 valence electrons. The van der Waals surface area contributed by atoms with Gasteiger partial charge in [-0.1, -0.05) is 60.7 Å². The van der Waals surface area contributed by atoms with Crippen molar-refractivity contribution in [3.05, 3.63) is 108 Å². The first kappa shape index (κ1) is 24.3. The van der Waals surface area contributed by atoms with E-state index in [1.807, 2.05) is 73.9 Å². The van der Waals surface area contributed by atoms with Crippen LogP contribution in [0.5, 0.6) is 5.75 Å². The molecule has 5 rings (SSSR count). The van der Waals surface area contributed by atoms with E-state index in [-0.39, 0.29) is 17.0 Å². The zero-order valence-corrected chi connectivity index (χ0v) is 21.8. The third-order valence-corrected chi connectivity index (χ3v) is 8.06. The van der Waals surface area contributed by atoms with Gasteiger partial charge in [0.05, 0.1) is 18.4 Å². The summed E-state index contributed by atoms with van der Waals surface area (Å²) in [7, 11) is 1.32. The van der Waals surface area contributed by atoms with Crippen molar-refractivity contribution in [1.82, 2.24) is 0 Å². The Bertz CT molecular complexity index is 1580. The predicted octanol–water partition coefficient (Wildman–Crippen LogP) is 6.47. The van der Waals surface area contributed by atoms with Crippen molar-refractivity contribution in [2.45, 2.75) is 0 Å². The van der Waals surface area contributed by atoms with E-state index in [2.05, 4.69) is 15.5 Å². The smallest absolute Gasteiger partial charge is 0.342 e. The zero-order chi connectivity index (χ0) is 25.8. The van der Waals surface area contributed by atoms with Crippen LogP contribution < -0.4 is 8.43 Å². The topological polar surface area (TPSA) is 104 Å². The van der Waals surface area contributed by atoms with Gasteiger partial charge in [0.2, 0.25) is 0 Å². The SMILES string of the molecule is COC(=O)C1=C(N=Nc2c(O)c(C(=O)Nc3ccccc3)cc3ccccc23)N(c2ccccc2)I=C1. The molecule has 1 aliphatic heterocycles. The van der Waals surface area contributed by atoms with E-state index < -0.39 is 32.9 Å². The van der Waals surface area contributed by atoms with Crippen LogP contribution in [0.2, 0.25) is 0 Å². The summed E-state index contributed by atoms with van der Waals surface area (Å²) < 4.78 is 8.72. The van der Waals surface area contributed by atoms with Gasteiger partial charge in [-0.15, -0.1) is 10.2 Å². The Hall–Kier alpha value is -4.38. The average Bonchev–Trinajstić information content (AvgIpc) is 3.36. The number of fused-ring (bicyclic) bond motifs is 1. The van der Waals surface area contributed by atoms with Gasteiger partial charge in [0, 0.05) is 36.1 Å². The molecular weight excluding hydrogens is 583 g/mol. The third-order valence-electron chi connectivity index (χ3n) is 5.59. The first-order valence-corrected chi connectivity index (χ1v) is 13.5. The Morgan fingerprint density at radius 1 is 0.919 bits per heavy atom. The van der Waals surface area contributed by atoms with Crippen LogP contribution in [-0.2, 0) is 9.53 Å². The average molecular weight is 604 g/mol. The second kappa shape index (κ2) is 10.7. The summed E-state index contributed by atoms with van der Waals surface area (Å²) >= 11 is -0.741. The molecule has 0 bridgehead atoms. The van der Waals surface area contributed by atoms with Crippen molar-refractivity contribution in [3.8, 4) is 5.75 Å². The number of carbonyl (C=O) groups excluding carboxylic acids is 2. The van der Waals surface area contributed by atoms with Crippen molar-refractivity contribution < 1.29 is 19.4 Å². The molecule has 0 aromatic heterocycles. The molecule has 1 amide bonds. The van der Waals surface area contributed by atoms with Crippen LogP contribution in [0.3, 0.4) is 0 Å². The van der Waals surface area contributed by atoms with Gasteiger partial charge in [-0.05, 0) is 35.7 Å². The lowest BCUT2D eigenvalue weighted by molar-refractivity contribution is -0.135. The van der Waals surface area contributed by atoms with E-state index in [1.54, 1.807) is 24.3 Å². The molecule has 0 saturated heterocycles. The zero-order valence-electron chi connectivity index (χ0n) is 19.6. The number of hydrogen-bond donors (Lipinski definition) is 2. The largest absolute Gasteiger partial charge is 0.505 e. The molecule has 0 saturated carbocycles. The maximum Gasteiger partial charge on any atom is 0.342 e. The summed E-state index contributed by atoms with van der Waals surface area (Å²) in [5.74, 6) is -0.976. The maximum absolute atomic E-state index is 13.1. The van der Waals surface area contributed by atoms with Crippen LogP contribution in [-0.4, -0.2) is 28.1 Å². The van der Waals surface area contributed by atoms with E-state index in [9.17, 15) is 14.7 Å². The van der Waals surface area contributed by atoms with Crippen molar-refractivity contribution >= 4 is 64.7 Å². The summed E-state index contributed by atoms with van der Waals surface area (Å²) in [4.78, 5) is 25.6. The van der Waals surface area contributed by atoms with E-state index in [4.69, 9.17) is 4.74 Å². The Morgan fingerprint density at radius 2 is 1.59 bits per heavy atom. The molecule has 4 aromatic carbocycles. The minimum absolute atomic E-state index is 0.0593. The number of azo groups is 1. The molecule has 1 heterocycles. The first-order valence-electron chi connectivity index (χ1n) is 11.2. The lowest BCUT2D eigenvalue weighted by atomic mass is 10.0. The highest BCUT2D eigenvalue weighted by Gasteiger charge is 2.26. The molecule has 2 N–H and O–H groups in total. The van der Waals surface area contributed by atoms with Gasteiger partial charge in [0.25, 0.3) is 5.91 Å². The molecule has 4 aromatic rings. The van der Waals surface area contributed by atoms with Crippen molar-refractivity contribution in [3.63, 3.8) is 0 Å². The Labute approximate surface area is 223 Å². The van der Waals surface area contributed by atoms with Crippen LogP contribution in [0.4, 0.5) is 17.1 Å². The number of nitrogens with one attached hydrogen (secondary N) is 1. The number of benzene rings is 4. The van der Waals surface area contributed by atoms with Gasteiger partial charge in [0.1, 0.15) is 11.3 Å². The van der Waals surface area contributed by atoms with Crippen LogP contribution in [0.1, 0.15) is 10.4 Å². The van der Waals surface area contributed by atoms with E-state index in [0.29, 0.717) is 27.9 Å². The first-order chi connectivity index (χ1) is 18.1. The van der Waals surface area contributed by atoms with E-state index >= 15 is 0 Å². The van der Waals surface area contributed by atoms with Gasteiger partial charge in [-0.3, -0.25) is 7.91 Å². The Kier molecular flexibility index (Phi) is 7.04. The standard InChI is InChI=1S/C28H21IN4O4/c1-37-28(36)23-17-29-33(20-13-6-3-7-14-20)26(23)32-31-24-21-15-9-8-10-18(21)16-22(25(24)34)27(35)30-19-11-4-2-5-12-19/h2-17,34H,1H3,(H,30,35). The lowest BCUT2D eigenvalue weighted by Gasteiger charge is -2.16. The molecule has 0 aliphatic carbocycles. The number of methoxy groups -OCH3 is 1. The molecular formula is C28H21IN4O4. The number of nitrogens with zero attached hydrogens (tertiary/aromatic N) is 3. The second-order valence-electron chi connectivity index (χ2n) is 7.91. The Morgan fingerprint density at radius 3 is 2.32 bits per heavy atom. The summed E-state index contributed by atoms with van der Waals surface area (Å²) in [5, 5.41) is 24.1. The number of ether oxygens (including phenoxy) is 1. The predicted molar refractivity (Wildman–Crippen MR) is 153 cm³/mol. The van der Waals surface area contributed by atoms with Crippen molar-refractivity contribution in [2.75, 3.05) is 15.5 Å². The van der Waals surface area contributed by atoms with Gasteiger partial charge < -0.3 is 15.2 Å². The number of phenols is 1. The van der Waals surface area contributed by atoms with E-state index in [0.717, 1.165) is 5.69 Å². The fourth-order valence-corrected chi connectivity index (χ4v) is 6.14. The number of carbonyl (C=O) groups is 2. The third kappa shape index (κ3) is 4.98. The molecule has 1 aliphatic rings. The highest BCUT2D eigenvalue weighted by molar-refractivity contribution is 14.2. The number of aromatic hydroxyl groups is 1. The minimum Gasteiger partial charge on any atom is -0.505 e. The van der Waals surface area contributed by atoms with Crippen LogP contribution >= 0.6 is 21.0 Å². The van der Waals surface area contributed by atoms with E-state index in [1.165, 1.54) is 7.11 Å². The number of phenolic OH excluding ortho intramolecular Hbond substituents is 1. The number of para-hydroxylation sites is 2. The summed E-state index contributed by atoms with van der Waals surface area (Å²) in [6.45, 7) is 0. The highest BCUT2D eigenvalue weighted by Crippen LogP contribution is 2.41. The van der Waals surface area contributed by atoms with Gasteiger partial charge >= 0.3 is 5.97 Å². The van der Waals surface area contributed by atoms with Gasteiger partial charge in [0.15, 0.2) is 11.6 Å². The number of halogens is 1. The normalized spacial score (nSPS) is 13.2. The summed E-state index contributed by atoms with van der Waals surface area (Å²) in [5.41, 5.74) is 1.96. The number of hydrogen-bond acceptors (Lipinski definition) is 7. The monoisotopic (exact) mass is 604 g/mol. The maximum atomic E-state index is 13.1. The summed E-state index contributed by atoms with van der Waals surface area (Å²) in [6.07, 6.45) is 0. The quantitative estimate of drug-likeness (QED) is 0.114. The molecule has 0 radical (unpaired) electrons. The van der Waals surface area contributed by atoms with Gasteiger partial charge in [-0.2, -0.15) is 0 Å².